The fourth-order valence-electron chi connectivity index (χ4n) is 2.42. The van der Waals surface area contributed by atoms with Gasteiger partial charge in [-0.05, 0) is 37.6 Å². The zero-order valence-electron chi connectivity index (χ0n) is 12.4. The Balaban J connectivity index is 2.12. The van der Waals surface area contributed by atoms with Crippen molar-refractivity contribution in [1.82, 2.24) is 9.38 Å². The van der Waals surface area contributed by atoms with Gasteiger partial charge in [0.2, 0.25) is 0 Å². The molecule has 0 atom stereocenters. The number of halogens is 1. The van der Waals surface area contributed by atoms with Crippen LogP contribution in [0.3, 0.4) is 0 Å². The van der Waals surface area contributed by atoms with E-state index < -0.39 is 0 Å². The molecule has 4 heteroatoms. The summed E-state index contributed by atoms with van der Waals surface area (Å²) in [5.74, 6) is 0. The van der Waals surface area contributed by atoms with Gasteiger partial charge in [-0.3, -0.25) is 9.20 Å². The second-order valence-corrected chi connectivity index (χ2v) is 5.65. The molecule has 0 radical (unpaired) electrons. The number of pyridine rings is 1. The fraction of sp³-hybridized carbons (Fsp3) is 0.111. The van der Waals surface area contributed by atoms with Crippen LogP contribution in [0.25, 0.3) is 16.8 Å². The Morgan fingerprint density at radius 2 is 1.91 bits per heavy atom. The lowest BCUT2D eigenvalue weighted by Gasteiger charge is -2.06. The topological polar surface area (TPSA) is 34.4 Å². The van der Waals surface area contributed by atoms with E-state index in [0.29, 0.717) is 16.4 Å². The number of hydrogen-bond donors (Lipinski definition) is 0. The maximum Gasteiger partial charge on any atom is 0.258 e. The smallest absolute Gasteiger partial charge is 0.258 e. The van der Waals surface area contributed by atoms with Gasteiger partial charge in [-0.1, -0.05) is 47.5 Å². The van der Waals surface area contributed by atoms with Crippen LogP contribution in [-0.4, -0.2) is 9.38 Å². The molecule has 22 heavy (non-hydrogen) atoms. The van der Waals surface area contributed by atoms with Crippen molar-refractivity contribution in [1.29, 1.82) is 0 Å². The van der Waals surface area contributed by atoms with Crippen molar-refractivity contribution < 1.29 is 0 Å². The summed E-state index contributed by atoms with van der Waals surface area (Å²) in [4.78, 5) is 16.7. The van der Waals surface area contributed by atoms with Crippen LogP contribution in [0.5, 0.6) is 0 Å². The monoisotopic (exact) mass is 310 g/mol. The lowest BCUT2D eigenvalue weighted by Crippen LogP contribution is -2.16. The summed E-state index contributed by atoms with van der Waals surface area (Å²) < 4.78 is 1.57. The summed E-state index contributed by atoms with van der Waals surface area (Å²) in [7, 11) is 0. The number of benzene rings is 1. The van der Waals surface area contributed by atoms with Crippen LogP contribution >= 0.6 is 11.6 Å². The molecule has 0 aliphatic rings. The highest BCUT2D eigenvalue weighted by Crippen LogP contribution is 2.20. The van der Waals surface area contributed by atoms with Gasteiger partial charge in [-0.25, -0.2) is 4.98 Å². The van der Waals surface area contributed by atoms with E-state index in [9.17, 15) is 4.79 Å². The van der Waals surface area contributed by atoms with Crippen LogP contribution in [0, 0.1) is 13.8 Å². The lowest BCUT2D eigenvalue weighted by molar-refractivity contribution is 0.986. The zero-order valence-corrected chi connectivity index (χ0v) is 13.1. The second-order valence-electron chi connectivity index (χ2n) is 5.25. The average Bonchev–Trinajstić information content (AvgIpc) is 2.47. The summed E-state index contributed by atoms with van der Waals surface area (Å²) >= 11 is 6.36. The molecule has 0 fully saturated rings. The van der Waals surface area contributed by atoms with E-state index in [1.54, 1.807) is 10.5 Å². The van der Waals surface area contributed by atoms with E-state index in [2.05, 4.69) is 4.98 Å². The first-order valence-electron chi connectivity index (χ1n) is 6.98. The normalized spacial score (nSPS) is 11.9. The van der Waals surface area contributed by atoms with Crippen LogP contribution in [0.15, 0.2) is 53.3 Å². The van der Waals surface area contributed by atoms with E-state index in [1.165, 1.54) is 6.07 Å². The minimum Gasteiger partial charge on any atom is -0.269 e. The third-order valence-corrected chi connectivity index (χ3v) is 3.76. The van der Waals surface area contributed by atoms with E-state index in [-0.39, 0.29) is 5.56 Å². The van der Waals surface area contributed by atoms with Gasteiger partial charge >= 0.3 is 0 Å². The van der Waals surface area contributed by atoms with Gasteiger partial charge < -0.3 is 0 Å². The van der Waals surface area contributed by atoms with Crippen LogP contribution < -0.4 is 5.56 Å². The number of fused-ring (bicyclic) bond motifs is 1. The molecule has 3 rings (SSSR count). The van der Waals surface area contributed by atoms with Crippen molar-refractivity contribution in [2.24, 2.45) is 0 Å². The van der Waals surface area contributed by atoms with Crippen molar-refractivity contribution in [2.75, 3.05) is 0 Å². The molecule has 0 saturated heterocycles. The number of aryl methyl sites for hydroxylation is 2. The van der Waals surface area contributed by atoms with Crippen molar-refractivity contribution in [3.05, 3.63) is 81.4 Å². The minimum absolute atomic E-state index is 0.131. The van der Waals surface area contributed by atoms with Gasteiger partial charge in [0.05, 0.1) is 10.7 Å². The third kappa shape index (κ3) is 2.81. The highest BCUT2D eigenvalue weighted by atomic mass is 35.5. The summed E-state index contributed by atoms with van der Waals surface area (Å²) in [6, 6.07) is 15.0. The molecular weight excluding hydrogens is 296 g/mol. The molecule has 0 bridgehead atoms. The first-order chi connectivity index (χ1) is 10.5. The molecule has 0 aliphatic heterocycles. The molecule has 0 unspecified atom stereocenters. The minimum atomic E-state index is -0.131. The van der Waals surface area contributed by atoms with E-state index in [1.807, 2.05) is 56.3 Å². The van der Waals surface area contributed by atoms with Crippen LogP contribution in [0.1, 0.15) is 22.5 Å². The summed E-state index contributed by atoms with van der Waals surface area (Å²) in [5, 5.41) is 0.451. The molecule has 0 amide bonds. The highest BCUT2D eigenvalue weighted by Gasteiger charge is 2.07. The van der Waals surface area contributed by atoms with Gasteiger partial charge in [-0.15, -0.1) is 0 Å². The zero-order chi connectivity index (χ0) is 15.7. The van der Waals surface area contributed by atoms with Crippen molar-refractivity contribution in [3.8, 4) is 0 Å². The molecule has 110 valence electrons. The molecule has 2 aromatic heterocycles. The third-order valence-electron chi connectivity index (χ3n) is 3.46. The van der Waals surface area contributed by atoms with E-state index in [4.69, 9.17) is 11.6 Å². The van der Waals surface area contributed by atoms with Gasteiger partial charge in [0.15, 0.2) is 0 Å². The molecule has 2 heterocycles. The van der Waals surface area contributed by atoms with E-state index in [0.717, 1.165) is 16.8 Å². The van der Waals surface area contributed by atoms with Gasteiger partial charge in [-0.2, -0.15) is 0 Å². The summed E-state index contributed by atoms with van der Waals surface area (Å²) in [6.45, 7) is 3.90. The number of hydrogen-bond acceptors (Lipinski definition) is 2. The first-order valence-corrected chi connectivity index (χ1v) is 7.36. The maximum absolute atomic E-state index is 12.3. The molecular formula is C18H15ClN2O. The SMILES string of the molecule is Cc1cccc(/C=C(\Cl)c2cc(=O)n3c(C)cccc3n2)c1. The Labute approximate surface area is 133 Å². The molecule has 1 aromatic carbocycles. The Bertz CT molecular complexity index is 941. The molecule has 3 nitrogen and oxygen atoms in total. The lowest BCUT2D eigenvalue weighted by atomic mass is 10.1. The largest absolute Gasteiger partial charge is 0.269 e. The predicted octanol–water partition coefficient (Wildman–Crippen LogP) is 4.05. The number of rotatable bonds is 2. The first kappa shape index (κ1) is 14.5. The Kier molecular flexibility index (Phi) is 3.82. The van der Waals surface area contributed by atoms with Crippen molar-refractivity contribution in [2.45, 2.75) is 13.8 Å². The fourth-order valence-corrected chi connectivity index (χ4v) is 2.64. The Hall–Kier alpha value is -2.39. The average molecular weight is 311 g/mol. The van der Waals surface area contributed by atoms with Crippen LogP contribution in [0.4, 0.5) is 0 Å². The quantitative estimate of drug-likeness (QED) is 0.715. The van der Waals surface area contributed by atoms with Gasteiger partial charge in [0, 0.05) is 11.8 Å². The predicted molar refractivity (Wildman–Crippen MR) is 91.1 cm³/mol. The van der Waals surface area contributed by atoms with Gasteiger partial charge in [0.25, 0.3) is 5.56 Å². The summed E-state index contributed by atoms with van der Waals surface area (Å²) in [5.41, 5.74) is 3.93. The molecule has 0 aliphatic carbocycles. The Morgan fingerprint density at radius 3 is 2.68 bits per heavy atom. The van der Waals surface area contributed by atoms with Crippen molar-refractivity contribution in [3.63, 3.8) is 0 Å². The number of nitrogens with zero attached hydrogens (tertiary/aromatic N) is 2. The molecule has 3 aromatic rings. The van der Waals surface area contributed by atoms with Crippen molar-refractivity contribution >= 4 is 28.4 Å². The van der Waals surface area contributed by atoms with E-state index >= 15 is 0 Å². The standard InChI is InChI=1S/C18H15ClN2O/c1-12-5-3-7-14(9-12)10-15(19)16-11-18(22)21-13(2)6-4-8-17(21)20-16/h3-11H,1-2H3/b15-10-. The highest BCUT2D eigenvalue weighted by molar-refractivity contribution is 6.51. The van der Waals surface area contributed by atoms with Crippen LogP contribution in [0.2, 0.25) is 0 Å². The Morgan fingerprint density at radius 1 is 1.14 bits per heavy atom. The molecule has 0 N–H and O–H groups in total. The summed E-state index contributed by atoms with van der Waals surface area (Å²) in [6.07, 6.45) is 1.82. The number of aromatic nitrogens is 2. The van der Waals surface area contributed by atoms with Gasteiger partial charge in [0.1, 0.15) is 5.65 Å². The molecule has 0 spiro atoms. The molecule has 0 saturated carbocycles. The second kappa shape index (κ2) is 5.78. The van der Waals surface area contributed by atoms with Crippen LogP contribution in [-0.2, 0) is 0 Å². The maximum atomic E-state index is 12.3.